The molecular formula is C14H13BrN2O3. The highest BCUT2D eigenvalue weighted by Crippen LogP contribution is 2.23. The van der Waals surface area contributed by atoms with Crippen LogP contribution in [0.5, 0.6) is 0 Å². The Bertz CT molecular complexity index is 641. The van der Waals surface area contributed by atoms with Crippen LogP contribution in [0.4, 0.5) is 5.82 Å². The molecule has 3 rings (SSSR count). The van der Waals surface area contributed by atoms with Crippen molar-refractivity contribution in [2.24, 2.45) is 0 Å². The third-order valence-electron chi connectivity index (χ3n) is 3.03. The van der Waals surface area contributed by atoms with Gasteiger partial charge in [-0.3, -0.25) is 4.79 Å². The first-order valence-electron chi connectivity index (χ1n) is 6.29. The highest BCUT2D eigenvalue weighted by Gasteiger charge is 2.23. The maximum atomic E-state index is 12.0. The summed E-state index contributed by atoms with van der Waals surface area (Å²) >= 11 is 3.45. The normalized spacial score (nSPS) is 18.9. The minimum atomic E-state index is -0.569. The lowest BCUT2D eigenvalue weighted by Crippen LogP contribution is -2.39. The Morgan fingerprint density at radius 1 is 1.30 bits per heavy atom. The number of carbonyl (C=O) groups excluding carboxylic acids is 1. The van der Waals surface area contributed by atoms with Crippen LogP contribution >= 0.6 is 15.9 Å². The van der Waals surface area contributed by atoms with Crippen LogP contribution in [0.2, 0.25) is 0 Å². The van der Waals surface area contributed by atoms with Crippen molar-refractivity contribution in [3.05, 3.63) is 34.8 Å². The number of fused-ring (bicyclic) bond motifs is 1. The van der Waals surface area contributed by atoms with E-state index in [9.17, 15) is 4.79 Å². The number of hydrogen-bond donors (Lipinski definition) is 1. The SMILES string of the molecule is O=C(Nc1ccc2cccc(Br)c2n1)[C@H]1COCCO1. The van der Waals surface area contributed by atoms with Crippen LogP contribution in [0.1, 0.15) is 0 Å². The van der Waals surface area contributed by atoms with Gasteiger partial charge in [0.25, 0.3) is 5.91 Å². The van der Waals surface area contributed by atoms with Crippen molar-refractivity contribution in [1.29, 1.82) is 0 Å². The van der Waals surface area contributed by atoms with Crippen molar-refractivity contribution in [3.8, 4) is 0 Å². The molecule has 1 atom stereocenters. The zero-order chi connectivity index (χ0) is 13.9. The van der Waals surface area contributed by atoms with Crippen molar-refractivity contribution in [3.63, 3.8) is 0 Å². The Morgan fingerprint density at radius 2 is 2.20 bits per heavy atom. The van der Waals surface area contributed by atoms with Gasteiger partial charge in [0.2, 0.25) is 0 Å². The summed E-state index contributed by atoms with van der Waals surface area (Å²) in [4.78, 5) is 16.5. The fourth-order valence-electron chi connectivity index (χ4n) is 2.03. The number of halogens is 1. The molecule has 1 aliphatic heterocycles. The molecule has 2 heterocycles. The molecule has 0 saturated carbocycles. The smallest absolute Gasteiger partial charge is 0.257 e. The molecule has 5 nitrogen and oxygen atoms in total. The monoisotopic (exact) mass is 336 g/mol. The lowest BCUT2D eigenvalue weighted by Gasteiger charge is -2.21. The lowest BCUT2D eigenvalue weighted by atomic mass is 10.2. The van der Waals surface area contributed by atoms with E-state index in [2.05, 4.69) is 26.2 Å². The van der Waals surface area contributed by atoms with Crippen LogP contribution in [0.15, 0.2) is 34.8 Å². The Kier molecular flexibility index (Phi) is 3.95. The molecule has 1 aromatic carbocycles. The van der Waals surface area contributed by atoms with Crippen LogP contribution in [0, 0.1) is 0 Å². The van der Waals surface area contributed by atoms with E-state index in [0.717, 1.165) is 15.4 Å². The number of hydrogen-bond acceptors (Lipinski definition) is 4. The summed E-state index contributed by atoms with van der Waals surface area (Å²) in [7, 11) is 0. The topological polar surface area (TPSA) is 60.5 Å². The maximum Gasteiger partial charge on any atom is 0.257 e. The minimum absolute atomic E-state index is 0.233. The summed E-state index contributed by atoms with van der Waals surface area (Å²) in [6.45, 7) is 1.25. The number of nitrogens with one attached hydrogen (secondary N) is 1. The number of pyridine rings is 1. The molecule has 1 N–H and O–H groups in total. The molecule has 20 heavy (non-hydrogen) atoms. The number of ether oxygens (including phenoxy) is 2. The van der Waals surface area contributed by atoms with Gasteiger partial charge in [0.15, 0.2) is 6.10 Å². The van der Waals surface area contributed by atoms with E-state index in [4.69, 9.17) is 9.47 Å². The number of aromatic nitrogens is 1. The summed E-state index contributed by atoms with van der Waals surface area (Å²) in [5.41, 5.74) is 0.811. The molecule has 0 radical (unpaired) electrons. The molecule has 1 fully saturated rings. The number of para-hydroxylation sites is 1. The summed E-state index contributed by atoms with van der Waals surface area (Å²) in [5.74, 6) is 0.271. The zero-order valence-corrected chi connectivity index (χ0v) is 12.2. The van der Waals surface area contributed by atoms with Gasteiger partial charge in [-0.05, 0) is 34.1 Å². The largest absolute Gasteiger partial charge is 0.376 e. The fourth-order valence-corrected chi connectivity index (χ4v) is 2.50. The molecular weight excluding hydrogens is 324 g/mol. The van der Waals surface area contributed by atoms with Gasteiger partial charge in [-0.15, -0.1) is 0 Å². The number of benzene rings is 1. The van der Waals surface area contributed by atoms with Gasteiger partial charge in [-0.1, -0.05) is 12.1 Å². The van der Waals surface area contributed by atoms with Crippen LogP contribution in [-0.4, -0.2) is 36.8 Å². The predicted octanol–water partition coefficient (Wildman–Crippen LogP) is 2.35. The second kappa shape index (κ2) is 5.87. The summed E-state index contributed by atoms with van der Waals surface area (Å²) < 4.78 is 11.5. The van der Waals surface area contributed by atoms with Crippen LogP contribution in [0.25, 0.3) is 10.9 Å². The van der Waals surface area contributed by atoms with Gasteiger partial charge < -0.3 is 14.8 Å². The minimum Gasteiger partial charge on any atom is -0.376 e. The molecule has 1 amide bonds. The van der Waals surface area contributed by atoms with E-state index in [1.165, 1.54) is 0 Å². The van der Waals surface area contributed by atoms with E-state index in [0.29, 0.717) is 19.0 Å². The highest BCUT2D eigenvalue weighted by molar-refractivity contribution is 9.10. The number of carbonyl (C=O) groups is 1. The average Bonchev–Trinajstić information content (AvgIpc) is 2.49. The quantitative estimate of drug-likeness (QED) is 0.914. The van der Waals surface area contributed by atoms with Crippen LogP contribution in [0.3, 0.4) is 0 Å². The summed E-state index contributed by atoms with van der Waals surface area (Å²) in [6, 6.07) is 9.52. The first-order chi connectivity index (χ1) is 9.74. The summed E-state index contributed by atoms with van der Waals surface area (Å²) in [5, 5.41) is 3.76. The predicted molar refractivity (Wildman–Crippen MR) is 78.6 cm³/mol. The van der Waals surface area contributed by atoms with Gasteiger partial charge in [-0.2, -0.15) is 0 Å². The van der Waals surface area contributed by atoms with Crippen molar-refractivity contribution >= 4 is 38.6 Å². The Balaban J connectivity index is 1.80. The number of rotatable bonds is 2. The number of amides is 1. The van der Waals surface area contributed by atoms with Gasteiger partial charge >= 0.3 is 0 Å². The first kappa shape index (κ1) is 13.5. The van der Waals surface area contributed by atoms with Crippen LogP contribution < -0.4 is 5.32 Å². The third-order valence-corrected chi connectivity index (χ3v) is 3.67. The average molecular weight is 337 g/mol. The lowest BCUT2D eigenvalue weighted by molar-refractivity contribution is -0.142. The van der Waals surface area contributed by atoms with Crippen molar-refractivity contribution in [2.75, 3.05) is 25.1 Å². The Labute approximate surface area is 124 Å². The third kappa shape index (κ3) is 2.82. The highest BCUT2D eigenvalue weighted by atomic mass is 79.9. The molecule has 1 saturated heterocycles. The first-order valence-corrected chi connectivity index (χ1v) is 7.09. The van der Waals surface area contributed by atoms with E-state index < -0.39 is 6.10 Å². The molecule has 2 aromatic rings. The maximum absolute atomic E-state index is 12.0. The Hall–Kier alpha value is -1.50. The molecule has 0 aliphatic carbocycles. The molecule has 104 valence electrons. The van der Waals surface area contributed by atoms with E-state index in [1.807, 2.05) is 24.3 Å². The molecule has 6 heteroatoms. The summed E-state index contributed by atoms with van der Waals surface area (Å²) in [6.07, 6.45) is -0.569. The van der Waals surface area contributed by atoms with Crippen molar-refractivity contribution in [1.82, 2.24) is 4.98 Å². The second-order valence-corrected chi connectivity index (χ2v) is 5.29. The number of nitrogens with zero attached hydrogens (tertiary/aromatic N) is 1. The fraction of sp³-hybridized carbons (Fsp3) is 0.286. The standard InChI is InChI=1S/C14H13BrN2O3/c15-10-3-1-2-9-4-5-12(16-13(9)10)17-14(18)11-8-19-6-7-20-11/h1-5,11H,6-8H2,(H,16,17,18)/t11-/m1/s1. The van der Waals surface area contributed by atoms with Crippen molar-refractivity contribution in [2.45, 2.75) is 6.10 Å². The van der Waals surface area contributed by atoms with E-state index in [1.54, 1.807) is 6.07 Å². The van der Waals surface area contributed by atoms with Crippen molar-refractivity contribution < 1.29 is 14.3 Å². The number of anilines is 1. The molecule has 1 aliphatic rings. The molecule has 1 aromatic heterocycles. The molecule has 0 spiro atoms. The Morgan fingerprint density at radius 3 is 3.00 bits per heavy atom. The second-order valence-electron chi connectivity index (χ2n) is 4.43. The van der Waals surface area contributed by atoms with Crippen LogP contribution in [-0.2, 0) is 14.3 Å². The van der Waals surface area contributed by atoms with Gasteiger partial charge in [0, 0.05) is 9.86 Å². The zero-order valence-electron chi connectivity index (χ0n) is 10.6. The van der Waals surface area contributed by atoms with Gasteiger partial charge in [-0.25, -0.2) is 4.98 Å². The molecule has 0 bridgehead atoms. The van der Waals surface area contributed by atoms with Gasteiger partial charge in [0.1, 0.15) is 5.82 Å². The van der Waals surface area contributed by atoms with E-state index in [-0.39, 0.29) is 12.5 Å². The van der Waals surface area contributed by atoms with Gasteiger partial charge in [0.05, 0.1) is 25.3 Å². The van der Waals surface area contributed by atoms with E-state index >= 15 is 0 Å². The molecule has 0 unspecified atom stereocenters.